The highest BCUT2D eigenvalue weighted by Crippen LogP contribution is 2.15. The summed E-state index contributed by atoms with van der Waals surface area (Å²) in [7, 11) is 0. The van der Waals surface area contributed by atoms with Gasteiger partial charge in [-0.1, -0.05) is 40.7 Å². The molecule has 0 radical (unpaired) electrons. The molecule has 1 heterocycles. The number of nitrogens with zero attached hydrogens (tertiary/aromatic N) is 1. The Labute approximate surface area is 151 Å². The Kier molecular flexibility index (Phi) is 13.5. The van der Waals surface area contributed by atoms with Gasteiger partial charge in [0.2, 0.25) is 0 Å². The average molecular weight is 345 g/mol. The van der Waals surface area contributed by atoms with Gasteiger partial charge in [-0.2, -0.15) is 0 Å². The zero-order valence-corrected chi connectivity index (χ0v) is 16.0. The zero-order chi connectivity index (χ0) is 18.9. The minimum atomic E-state index is -0.249. The van der Waals surface area contributed by atoms with Gasteiger partial charge in [0.1, 0.15) is 5.75 Å². The van der Waals surface area contributed by atoms with E-state index in [1.54, 1.807) is 12.4 Å². The third-order valence-corrected chi connectivity index (χ3v) is 2.76. The summed E-state index contributed by atoms with van der Waals surface area (Å²) >= 11 is 0. The molecule has 0 saturated carbocycles. The predicted octanol–water partition coefficient (Wildman–Crippen LogP) is 5.24. The van der Waals surface area contributed by atoms with Gasteiger partial charge >= 0.3 is 6.03 Å². The molecular formula is C20H31N3O2. The first-order valence-electron chi connectivity index (χ1n) is 8.94. The molecule has 0 aliphatic rings. The normalized spacial score (nSPS) is 8.84. The maximum absolute atomic E-state index is 11.8. The van der Waals surface area contributed by atoms with E-state index in [9.17, 15) is 4.79 Å². The number of pyridine rings is 1. The van der Waals surface area contributed by atoms with Gasteiger partial charge in [0.25, 0.3) is 0 Å². The molecule has 5 heteroatoms. The highest BCUT2D eigenvalue weighted by Gasteiger charge is 2.02. The number of anilines is 1. The molecule has 0 fully saturated rings. The summed E-state index contributed by atoms with van der Waals surface area (Å²) in [6, 6.07) is 10.8. The predicted molar refractivity (Wildman–Crippen MR) is 105 cm³/mol. The van der Waals surface area contributed by atoms with E-state index in [0.717, 1.165) is 23.4 Å². The summed E-state index contributed by atoms with van der Waals surface area (Å²) in [6.07, 6.45) is 4.39. The van der Waals surface area contributed by atoms with Crippen LogP contribution in [0.4, 0.5) is 10.5 Å². The molecule has 0 atom stereocenters. The lowest BCUT2D eigenvalue weighted by Crippen LogP contribution is -2.28. The molecule has 2 rings (SSSR count). The number of rotatable bonds is 6. The number of benzene rings is 1. The van der Waals surface area contributed by atoms with Crippen LogP contribution in [0, 0.1) is 0 Å². The van der Waals surface area contributed by atoms with Gasteiger partial charge in [0.15, 0.2) is 0 Å². The topological polar surface area (TPSA) is 63.2 Å². The number of nitrogens with one attached hydrogen (secondary N) is 2. The second-order valence-corrected chi connectivity index (χ2v) is 4.54. The van der Waals surface area contributed by atoms with Crippen molar-refractivity contribution in [3.63, 3.8) is 0 Å². The lowest BCUT2D eigenvalue weighted by atomic mass is 10.3. The number of carbonyl (C=O) groups is 1. The fourth-order valence-electron chi connectivity index (χ4n) is 1.71. The summed E-state index contributed by atoms with van der Waals surface area (Å²) in [4.78, 5) is 15.8. The first kappa shape index (κ1) is 22.4. The summed E-state index contributed by atoms with van der Waals surface area (Å²) in [5, 5.41) is 5.54. The maximum atomic E-state index is 11.8. The van der Waals surface area contributed by atoms with Crippen molar-refractivity contribution in [2.75, 3.05) is 11.9 Å². The van der Waals surface area contributed by atoms with Crippen molar-refractivity contribution in [1.82, 2.24) is 10.3 Å². The Morgan fingerprint density at radius 1 is 1.08 bits per heavy atom. The quantitative estimate of drug-likeness (QED) is 0.752. The van der Waals surface area contributed by atoms with E-state index >= 15 is 0 Å². The number of amides is 2. The van der Waals surface area contributed by atoms with Crippen LogP contribution in [0.15, 0.2) is 48.8 Å². The first-order valence-corrected chi connectivity index (χ1v) is 8.94. The van der Waals surface area contributed by atoms with Crippen LogP contribution in [0.3, 0.4) is 0 Å². The van der Waals surface area contributed by atoms with E-state index in [0.29, 0.717) is 13.2 Å². The Morgan fingerprint density at radius 2 is 1.76 bits per heavy atom. The largest absolute Gasteiger partial charge is 0.494 e. The standard InChI is InChI=1S/C16H19N3O2.2C2H6/c1-2-10-21-15-7-5-14(6-8-15)19-16(20)18-12-13-4-3-9-17-11-13;2*1-2/h3-9,11H,2,10,12H2,1H3,(H2,18,19,20);2*1-2H3. The lowest BCUT2D eigenvalue weighted by molar-refractivity contribution is 0.251. The number of aromatic nitrogens is 1. The number of carbonyl (C=O) groups excluding carboxylic acids is 1. The Balaban J connectivity index is 0.00000134. The molecule has 0 aliphatic carbocycles. The Morgan fingerprint density at radius 3 is 2.32 bits per heavy atom. The van der Waals surface area contributed by atoms with Crippen molar-refractivity contribution in [1.29, 1.82) is 0 Å². The highest BCUT2D eigenvalue weighted by atomic mass is 16.5. The average Bonchev–Trinajstić information content (AvgIpc) is 2.70. The van der Waals surface area contributed by atoms with Crippen LogP contribution in [0.1, 0.15) is 46.6 Å². The van der Waals surface area contributed by atoms with Gasteiger partial charge in [-0.15, -0.1) is 0 Å². The molecule has 0 aliphatic heterocycles. The fourth-order valence-corrected chi connectivity index (χ4v) is 1.71. The molecule has 1 aromatic carbocycles. The molecule has 0 unspecified atom stereocenters. The molecule has 25 heavy (non-hydrogen) atoms. The second kappa shape index (κ2) is 15.0. The van der Waals surface area contributed by atoms with Crippen molar-refractivity contribution in [2.45, 2.75) is 47.6 Å². The summed E-state index contributed by atoms with van der Waals surface area (Å²) in [6.45, 7) is 11.2. The fraction of sp³-hybridized carbons (Fsp3) is 0.400. The molecule has 1 aromatic heterocycles. The second-order valence-electron chi connectivity index (χ2n) is 4.54. The van der Waals surface area contributed by atoms with Gasteiger partial charge in [-0.3, -0.25) is 4.98 Å². The molecular weight excluding hydrogens is 314 g/mol. The molecule has 0 spiro atoms. The van der Waals surface area contributed by atoms with E-state index in [1.807, 2.05) is 64.1 Å². The van der Waals surface area contributed by atoms with Gasteiger partial charge in [0, 0.05) is 24.6 Å². The first-order chi connectivity index (χ1) is 12.3. The minimum Gasteiger partial charge on any atom is -0.494 e. The number of hydrogen-bond acceptors (Lipinski definition) is 3. The summed E-state index contributed by atoms with van der Waals surface area (Å²) in [5.41, 5.74) is 1.68. The van der Waals surface area contributed by atoms with Crippen LogP contribution in [0.2, 0.25) is 0 Å². The van der Waals surface area contributed by atoms with Gasteiger partial charge in [-0.25, -0.2) is 4.79 Å². The molecule has 138 valence electrons. The van der Waals surface area contributed by atoms with Crippen LogP contribution in [-0.4, -0.2) is 17.6 Å². The third kappa shape index (κ3) is 10.0. The van der Waals surface area contributed by atoms with Crippen molar-refractivity contribution in [3.8, 4) is 5.75 Å². The Hall–Kier alpha value is -2.56. The van der Waals surface area contributed by atoms with Crippen molar-refractivity contribution < 1.29 is 9.53 Å². The monoisotopic (exact) mass is 345 g/mol. The van der Waals surface area contributed by atoms with Crippen molar-refractivity contribution in [2.24, 2.45) is 0 Å². The SMILES string of the molecule is CC.CC.CCCOc1ccc(NC(=O)NCc2cccnc2)cc1. The smallest absolute Gasteiger partial charge is 0.319 e. The molecule has 2 aromatic rings. The summed E-state index contributed by atoms with van der Waals surface area (Å²) in [5.74, 6) is 0.804. The zero-order valence-electron chi connectivity index (χ0n) is 16.0. The van der Waals surface area contributed by atoms with E-state index in [4.69, 9.17) is 4.74 Å². The van der Waals surface area contributed by atoms with Crippen LogP contribution in [0.25, 0.3) is 0 Å². The van der Waals surface area contributed by atoms with E-state index in [1.165, 1.54) is 0 Å². The highest BCUT2D eigenvalue weighted by molar-refractivity contribution is 5.89. The van der Waals surface area contributed by atoms with Crippen LogP contribution < -0.4 is 15.4 Å². The maximum Gasteiger partial charge on any atom is 0.319 e. The van der Waals surface area contributed by atoms with Crippen molar-refractivity contribution in [3.05, 3.63) is 54.4 Å². The molecule has 0 bridgehead atoms. The molecule has 2 amide bonds. The Bertz CT molecular complexity index is 557. The third-order valence-electron chi connectivity index (χ3n) is 2.76. The van der Waals surface area contributed by atoms with Gasteiger partial charge < -0.3 is 15.4 Å². The van der Waals surface area contributed by atoms with E-state index < -0.39 is 0 Å². The van der Waals surface area contributed by atoms with Gasteiger partial charge in [-0.05, 0) is 42.3 Å². The lowest BCUT2D eigenvalue weighted by Gasteiger charge is -2.09. The van der Waals surface area contributed by atoms with Crippen LogP contribution in [-0.2, 0) is 6.54 Å². The van der Waals surface area contributed by atoms with Crippen LogP contribution in [0.5, 0.6) is 5.75 Å². The van der Waals surface area contributed by atoms with Gasteiger partial charge in [0.05, 0.1) is 6.61 Å². The van der Waals surface area contributed by atoms with E-state index in [2.05, 4.69) is 22.5 Å². The minimum absolute atomic E-state index is 0.249. The van der Waals surface area contributed by atoms with Crippen molar-refractivity contribution >= 4 is 11.7 Å². The number of ether oxygens (including phenoxy) is 1. The number of urea groups is 1. The number of hydrogen-bond donors (Lipinski definition) is 2. The summed E-state index contributed by atoms with van der Waals surface area (Å²) < 4.78 is 5.49. The molecule has 0 saturated heterocycles. The van der Waals surface area contributed by atoms with E-state index in [-0.39, 0.29) is 6.03 Å². The molecule has 5 nitrogen and oxygen atoms in total. The molecule has 2 N–H and O–H groups in total. The van der Waals surface area contributed by atoms with Crippen LogP contribution >= 0.6 is 0 Å².